The monoisotopic (exact) mass is 289 g/mol. The predicted octanol–water partition coefficient (Wildman–Crippen LogP) is 2.03. The molecule has 5 nitrogen and oxygen atoms in total. The third kappa shape index (κ3) is 2.97. The molecule has 5 heteroatoms. The first kappa shape index (κ1) is 14.2. The average molecular weight is 289 g/mol. The molecule has 2 aliphatic rings. The molecule has 0 radical (unpaired) electrons. The topological polar surface area (TPSA) is 44.8 Å². The van der Waals surface area contributed by atoms with Gasteiger partial charge in [-0.15, -0.1) is 0 Å². The number of benzene rings is 1. The van der Waals surface area contributed by atoms with Gasteiger partial charge >= 0.3 is 6.03 Å². The molecule has 0 bridgehead atoms. The van der Waals surface area contributed by atoms with E-state index >= 15 is 0 Å². The molecular weight excluding hydrogens is 266 g/mol. The Labute approximate surface area is 125 Å². The van der Waals surface area contributed by atoms with Gasteiger partial charge in [0.05, 0.1) is 13.7 Å². The zero-order valence-corrected chi connectivity index (χ0v) is 12.5. The van der Waals surface area contributed by atoms with Crippen molar-refractivity contribution in [2.45, 2.75) is 31.7 Å². The summed E-state index contributed by atoms with van der Waals surface area (Å²) in [4.78, 5) is 11.9. The number of urea groups is 1. The minimum atomic E-state index is 0.0435. The zero-order chi connectivity index (χ0) is 14.7. The fourth-order valence-corrected chi connectivity index (χ4v) is 3.34. The van der Waals surface area contributed by atoms with Gasteiger partial charge in [0.1, 0.15) is 5.75 Å². The summed E-state index contributed by atoms with van der Waals surface area (Å²) in [5, 5.41) is 7.04. The molecule has 2 amide bonds. The minimum Gasteiger partial charge on any atom is -0.496 e. The predicted molar refractivity (Wildman–Crippen MR) is 81.1 cm³/mol. The Morgan fingerprint density at radius 2 is 2.14 bits per heavy atom. The van der Waals surface area contributed by atoms with E-state index in [1.54, 1.807) is 7.11 Å². The van der Waals surface area contributed by atoms with Crippen molar-refractivity contribution in [3.05, 3.63) is 29.8 Å². The van der Waals surface area contributed by atoms with E-state index in [0.717, 1.165) is 44.6 Å². The Bertz CT molecular complexity index is 506. The van der Waals surface area contributed by atoms with Crippen molar-refractivity contribution in [1.82, 2.24) is 15.3 Å². The molecular formula is C16H23N3O2. The van der Waals surface area contributed by atoms with Crippen LogP contribution in [-0.4, -0.2) is 48.8 Å². The van der Waals surface area contributed by atoms with Gasteiger partial charge < -0.3 is 10.1 Å². The highest BCUT2D eigenvalue weighted by molar-refractivity contribution is 5.75. The van der Waals surface area contributed by atoms with Crippen LogP contribution in [0.4, 0.5) is 4.79 Å². The van der Waals surface area contributed by atoms with Gasteiger partial charge in [-0.2, -0.15) is 0 Å². The van der Waals surface area contributed by atoms with Crippen LogP contribution in [0.25, 0.3) is 0 Å². The second-order valence-electron chi connectivity index (χ2n) is 5.68. The van der Waals surface area contributed by atoms with E-state index in [0.29, 0.717) is 6.04 Å². The number of rotatable bonds is 4. The van der Waals surface area contributed by atoms with Crippen LogP contribution in [-0.2, 0) is 6.42 Å². The molecule has 1 atom stereocenters. The van der Waals surface area contributed by atoms with Crippen molar-refractivity contribution in [3.8, 4) is 5.75 Å². The van der Waals surface area contributed by atoms with Gasteiger partial charge in [-0.25, -0.2) is 9.80 Å². The summed E-state index contributed by atoms with van der Waals surface area (Å²) in [5.41, 5.74) is 1.22. The average Bonchev–Trinajstić information content (AvgIpc) is 2.94. The Balaban J connectivity index is 1.76. The molecule has 0 aromatic heterocycles. The smallest absolute Gasteiger partial charge is 0.332 e. The lowest BCUT2D eigenvalue weighted by Crippen LogP contribution is -2.53. The normalized spacial score (nSPS) is 23.2. The molecule has 2 heterocycles. The number of hydrogen-bond donors (Lipinski definition) is 1. The van der Waals surface area contributed by atoms with E-state index in [-0.39, 0.29) is 6.03 Å². The number of hydrazine groups is 1. The number of carbonyl (C=O) groups is 1. The Hall–Kier alpha value is -1.75. The van der Waals surface area contributed by atoms with Crippen LogP contribution in [0.1, 0.15) is 24.8 Å². The molecule has 21 heavy (non-hydrogen) atoms. The highest BCUT2D eigenvalue weighted by Crippen LogP contribution is 2.27. The van der Waals surface area contributed by atoms with Gasteiger partial charge in [0, 0.05) is 19.1 Å². The number of ether oxygens (including phenoxy) is 1. The third-order valence-corrected chi connectivity index (χ3v) is 4.39. The first-order valence-corrected chi connectivity index (χ1v) is 7.73. The van der Waals surface area contributed by atoms with Gasteiger partial charge in [0.15, 0.2) is 0 Å². The lowest BCUT2D eigenvalue weighted by atomic mass is 9.96. The van der Waals surface area contributed by atoms with Crippen molar-refractivity contribution < 1.29 is 9.53 Å². The zero-order valence-electron chi connectivity index (χ0n) is 12.5. The third-order valence-electron chi connectivity index (χ3n) is 4.39. The van der Waals surface area contributed by atoms with Gasteiger partial charge in [0.2, 0.25) is 0 Å². The number of methoxy groups -OCH3 is 1. The van der Waals surface area contributed by atoms with Gasteiger partial charge in [-0.1, -0.05) is 24.6 Å². The molecule has 0 saturated carbocycles. The Morgan fingerprint density at radius 3 is 2.90 bits per heavy atom. The van der Waals surface area contributed by atoms with E-state index < -0.39 is 0 Å². The van der Waals surface area contributed by atoms with Crippen LogP contribution in [0, 0.1) is 0 Å². The van der Waals surface area contributed by atoms with Crippen molar-refractivity contribution in [1.29, 1.82) is 0 Å². The molecule has 1 aromatic carbocycles. The highest BCUT2D eigenvalue weighted by Gasteiger charge is 2.33. The summed E-state index contributed by atoms with van der Waals surface area (Å²) in [6, 6.07) is 8.59. The second kappa shape index (κ2) is 6.35. The summed E-state index contributed by atoms with van der Waals surface area (Å²) in [6.45, 7) is 2.49. The number of nitrogens with one attached hydrogen (secondary N) is 1. The van der Waals surface area contributed by atoms with Gasteiger partial charge in [-0.05, 0) is 30.9 Å². The van der Waals surface area contributed by atoms with Gasteiger partial charge in [0.25, 0.3) is 0 Å². The van der Waals surface area contributed by atoms with E-state index in [9.17, 15) is 4.79 Å². The standard InChI is InChI=1S/C16H23N3O2/c1-21-15-8-3-2-6-13(15)12-14-7-4-5-10-18(14)19-11-9-17-16(19)20/h2-3,6,8,14H,4-5,7,9-12H2,1H3,(H,17,20). The van der Waals surface area contributed by atoms with E-state index in [1.165, 1.54) is 12.0 Å². The molecule has 2 fully saturated rings. The molecule has 2 saturated heterocycles. The Morgan fingerprint density at radius 1 is 1.29 bits per heavy atom. The lowest BCUT2D eigenvalue weighted by molar-refractivity contribution is -0.0294. The number of para-hydroxylation sites is 1. The van der Waals surface area contributed by atoms with Gasteiger partial charge in [-0.3, -0.25) is 5.01 Å². The van der Waals surface area contributed by atoms with E-state index in [4.69, 9.17) is 4.74 Å². The molecule has 1 unspecified atom stereocenters. The van der Waals surface area contributed by atoms with Crippen molar-refractivity contribution in [3.63, 3.8) is 0 Å². The molecule has 0 aliphatic carbocycles. The van der Waals surface area contributed by atoms with Crippen molar-refractivity contribution >= 4 is 6.03 Å². The maximum absolute atomic E-state index is 11.9. The number of amides is 2. The fourth-order valence-electron chi connectivity index (χ4n) is 3.34. The van der Waals surface area contributed by atoms with Crippen LogP contribution in [0.2, 0.25) is 0 Å². The number of carbonyl (C=O) groups excluding carboxylic acids is 1. The quantitative estimate of drug-likeness (QED) is 0.922. The first-order chi connectivity index (χ1) is 10.3. The summed E-state index contributed by atoms with van der Waals surface area (Å²) in [6.07, 6.45) is 4.44. The summed E-state index contributed by atoms with van der Waals surface area (Å²) in [5.74, 6) is 0.939. The molecule has 1 aromatic rings. The number of nitrogens with zero attached hydrogens (tertiary/aromatic N) is 2. The molecule has 2 aliphatic heterocycles. The van der Waals surface area contributed by atoms with Crippen molar-refractivity contribution in [2.24, 2.45) is 0 Å². The molecule has 3 rings (SSSR count). The van der Waals surface area contributed by atoms with Crippen LogP contribution in [0.15, 0.2) is 24.3 Å². The molecule has 0 spiro atoms. The Kier molecular flexibility index (Phi) is 4.29. The van der Waals surface area contributed by atoms with Crippen LogP contribution in [0.5, 0.6) is 5.75 Å². The second-order valence-corrected chi connectivity index (χ2v) is 5.68. The van der Waals surface area contributed by atoms with Crippen molar-refractivity contribution in [2.75, 3.05) is 26.7 Å². The minimum absolute atomic E-state index is 0.0435. The largest absolute Gasteiger partial charge is 0.496 e. The maximum atomic E-state index is 11.9. The lowest BCUT2D eigenvalue weighted by Gasteiger charge is -2.40. The van der Waals surface area contributed by atoms with E-state index in [2.05, 4.69) is 16.4 Å². The maximum Gasteiger partial charge on any atom is 0.332 e. The fraction of sp³-hybridized carbons (Fsp3) is 0.562. The SMILES string of the molecule is COc1ccccc1CC1CCCCN1N1CCNC1=O. The highest BCUT2D eigenvalue weighted by atomic mass is 16.5. The summed E-state index contributed by atoms with van der Waals surface area (Å²) >= 11 is 0. The van der Waals surface area contributed by atoms with E-state index in [1.807, 2.05) is 23.2 Å². The molecule has 114 valence electrons. The van der Waals surface area contributed by atoms with Crippen LogP contribution < -0.4 is 10.1 Å². The van der Waals surface area contributed by atoms with Crippen LogP contribution >= 0.6 is 0 Å². The summed E-state index contributed by atoms with van der Waals surface area (Å²) in [7, 11) is 1.71. The van der Waals surface area contributed by atoms with Crippen LogP contribution in [0.3, 0.4) is 0 Å². The molecule has 1 N–H and O–H groups in total. The number of hydrogen-bond acceptors (Lipinski definition) is 3. The first-order valence-electron chi connectivity index (χ1n) is 7.73. The number of piperidine rings is 1. The summed E-state index contributed by atoms with van der Waals surface area (Å²) < 4.78 is 5.46.